The second-order valence-electron chi connectivity index (χ2n) is 5.30. The topological polar surface area (TPSA) is 45.2 Å². The Bertz CT molecular complexity index is 353. The van der Waals surface area contributed by atoms with Crippen LogP contribution in [0.1, 0.15) is 39.0 Å². The van der Waals surface area contributed by atoms with Gasteiger partial charge in [0.1, 0.15) is 0 Å². The first-order valence-electron chi connectivity index (χ1n) is 5.62. The Morgan fingerprint density at radius 1 is 1.31 bits per heavy atom. The van der Waals surface area contributed by atoms with Crippen LogP contribution in [0.25, 0.3) is 0 Å². The van der Waals surface area contributed by atoms with Crippen LogP contribution in [-0.2, 0) is 6.54 Å². The molecule has 0 aromatic carbocycles. The molecule has 3 heteroatoms. The van der Waals surface area contributed by atoms with E-state index < -0.39 is 5.60 Å². The Kier molecular flexibility index (Phi) is 3.71. The molecule has 1 rings (SSSR count). The van der Waals surface area contributed by atoms with Crippen LogP contribution in [0, 0.1) is 6.92 Å². The Morgan fingerprint density at radius 3 is 2.44 bits per heavy atom. The highest BCUT2D eigenvalue weighted by molar-refractivity contribution is 5.17. The molecule has 0 radical (unpaired) electrons. The number of hydrogen-bond acceptors (Lipinski definition) is 3. The molecular weight excluding hydrogens is 200 g/mol. The van der Waals surface area contributed by atoms with Gasteiger partial charge in [-0.2, -0.15) is 0 Å². The fourth-order valence-corrected chi connectivity index (χ4v) is 1.22. The van der Waals surface area contributed by atoms with E-state index in [4.69, 9.17) is 0 Å². The van der Waals surface area contributed by atoms with Crippen LogP contribution in [0.5, 0.6) is 0 Å². The van der Waals surface area contributed by atoms with Crippen LogP contribution in [0.4, 0.5) is 0 Å². The van der Waals surface area contributed by atoms with Gasteiger partial charge in [0.25, 0.3) is 0 Å². The highest BCUT2D eigenvalue weighted by Crippen LogP contribution is 2.21. The van der Waals surface area contributed by atoms with E-state index in [0.717, 1.165) is 5.69 Å². The van der Waals surface area contributed by atoms with E-state index in [0.29, 0.717) is 6.54 Å². The lowest BCUT2D eigenvalue weighted by Gasteiger charge is -2.38. The third-order valence-corrected chi connectivity index (χ3v) is 3.35. The molecule has 16 heavy (non-hydrogen) atoms. The predicted molar refractivity (Wildman–Crippen MR) is 66.2 cm³/mol. The molecule has 0 saturated carbocycles. The van der Waals surface area contributed by atoms with Crippen molar-refractivity contribution in [2.45, 2.75) is 52.3 Å². The van der Waals surface area contributed by atoms with Gasteiger partial charge in [0, 0.05) is 18.3 Å². The lowest BCUT2D eigenvalue weighted by molar-refractivity contribution is -0.00548. The van der Waals surface area contributed by atoms with Crippen molar-refractivity contribution in [1.82, 2.24) is 10.3 Å². The summed E-state index contributed by atoms with van der Waals surface area (Å²) >= 11 is 0. The van der Waals surface area contributed by atoms with E-state index in [9.17, 15) is 5.11 Å². The van der Waals surface area contributed by atoms with Crippen LogP contribution in [-0.4, -0.2) is 21.2 Å². The molecule has 0 fully saturated rings. The highest BCUT2D eigenvalue weighted by atomic mass is 16.3. The van der Waals surface area contributed by atoms with E-state index in [2.05, 4.69) is 10.3 Å². The predicted octanol–water partition coefficient (Wildman–Crippen LogP) is 2.03. The molecule has 0 aliphatic carbocycles. The summed E-state index contributed by atoms with van der Waals surface area (Å²) in [6.45, 7) is 10.3. The van der Waals surface area contributed by atoms with Crippen molar-refractivity contribution in [3.05, 3.63) is 29.6 Å². The Balaban J connectivity index is 2.69. The third-order valence-electron chi connectivity index (χ3n) is 3.35. The van der Waals surface area contributed by atoms with Gasteiger partial charge in [0.15, 0.2) is 0 Å². The number of nitrogens with one attached hydrogen (secondary N) is 1. The molecule has 0 amide bonds. The smallest absolute Gasteiger partial charge is 0.0767 e. The van der Waals surface area contributed by atoms with Gasteiger partial charge >= 0.3 is 0 Å². The van der Waals surface area contributed by atoms with E-state index in [1.165, 1.54) is 5.56 Å². The number of rotatable bonds is 4. The van der Waals surface area contributed by atoms with Gasteiger partial charge in [0.2, 0.25) is 0 Å². The van der Waals surface area contributed by atoms with Crippen LogP contribution >= 0.6 is 0 Å². The van der Waals surface area contributed by atoms with E-state index in [1.54, 1.807) is 6.20 Å². The van der Waals surface area contributed by atoms with Gasteiger partial charge < -0.3 is 10.4 Å². The van der Waals surface area contributed by atoms with Crippen molar-refractivity contribution >= 4 is 0 Å². The maximum absolute atomic E-state index is 10.0. The van der Waals surface area contributed by atoms with Crippen LogP contribution < -0.4 is 5.32 Å². The second kappa shape index (κ2) is 4.52. The van der Waals surface area contributed by atoms with Crippen LogP contribution in [0.3, 0.4) is 0 Å². The normalized spacial score (nSPS) is 12.9. The molecule has 0 atom stereocenters. The highest BCUT2D eigenvalue weighted by Gasteiger charge is 2.34. The first-order valence-corrected chi connectivity index (χ1v) is 5.62. The van der Waals surface area contributed by atoms with Gasteiger partial charge in [-0.05, 0) is 46.2 Å². The number of aliphatic hydroxyl groups is 1. The quantitative estimate of drug-likeness (QED) is 0.819. The number of aromatic nitrogens is 1. The van der Waals surface area contributed by atoms with E-state index in [-0.39, 0.29) is 5.54 Å². The summed E-state index contributed by atoms with van der Waals surface area (Å²) in [6, 6.07) is 3.97. The fourth-order valence-electron chi connectivity index (χ4n) is 1.22. The van der Waals surface area contributed by atoms with E-state index in [1.807, 2.05) is 46.8 Å². The van der Waals surface area contributed by atoms with Crippen molar-refractivity contribution in [3.8, 4) is 0 Å². The first kappa shape index (κ1) is 13.1. The molecule has 1 aromatic heterocycles. The monoisotopic (exact) mass is 222 g/mol. The number of pyridine rings is 1. The molecule has 1 aromatic rings. The second-order valence-corrected chi connectivity index (χ2v) is 5.30. The standard InChI is InChI=1S/C13H22N2O/c1-10-7-6-8-14-11(10)9-15-12(2,3)13(4,5)16/h6-8,15-16H,9H2,1-5H3. The van der Waals surface area contributed by atoms with Crippen LogP contribution in [0.15, 0.2) is 18.3 Å². The summed E-state index contributed by atoms with van der Waals surface area (Å²) in [7, 11) is 0. The summed E-state index contributed by atoms with van der Waals surface area (Å²) in [5.74, 6) is 0. The van der Waals surface area contributed by atoms with Gasteiger partial charge in [0.05, 0.1) is 11.3 Å². The Hall–Kier alpha value is -0.930. The number of hydrogen-bond donors (Lipinski definition) is 2. The summed E-state index contributed by atoms with van der Waals surface area (Å²) in [6.07, 6.45) is 1.79. The zero-order chi connectivity index (χ0) is 12.4. The largest absolute Gasteiger partial charge is 0.389 e. The van der Waals surface area contributed by atoms with Gasteiger partial charge in [-0.3, -0.25) is 4.98 Å². The average Bonchev–Trinajstić information content (AvgIpc) is 2.15. The maximum Gasteiger partial charge on any atom is 0.0767 e. The van der Waals surface area contributed by atoms with Gasteiger partial charge in [-0.25, -0.2) is 0 Å². The van der Waals surface area contributed by atoms with Crippen molar-refractivity contribution in [1.29, 1.82) is 0 Å². The summed E-state index contributed by atoms with van der Waals surface area (Å²) in [5.41, 5.74) is 1.08. The average molecular weight is 222 g/mol. The van der Waals surface area contributed by atoms with Crippen molar-refractivity contribution in [2.75, 3.05) is 0 Å². The third kappa shape index (κ3) is 3.03. The minimum Gasteiger partial charge on any atom is -0.389 e. The minimum absolute atomic E-state index is 0.350. The SMILES string of the molecule is Cc1cccnc1CNC(C)(C)C(C)(C)O. The van der Waals surface area contributed by atoms with E-state index >= 15 is 0 Å². The Labute approximate surface area is 97.9 Å². The maximum atomic E-state index is 10.0. The molecule has 3 nitrogen and oxygen atoms in total. The number of nitrogens with zero attached hydrogens (tertiary/aromatic N) is 1. The molecule has 0 unspecified atom stereocenters. The molecule has 0 spiro atoms. The molecular formula is C13H22N2O. The lowest BCUT2D eigenvalue weighted by Crippen LogP contribution is -2.55. The van der Waals surface area contributed by atoms with Gasteiger partial charge in [-0.1, -0.05) is 6.07 Å². The number of aryl methyl sites for hydroxylation is 1. The lowest BCUT2D eigenvalue weighted by atomic mass is 9.86. The molecule has 0 aliphatic rings. The Morgan fingerprint density at radius 2 is 1.94 bits per heavy atom. The fraction of sp³-hybridized carbons (Fsp3) is 0.615. The summed E-state index contributed by atoms with van der Waals surface area (Å²) in [5, 5.41) is 13.4. The van der Waals surface area contributed by atoms with Crippen LogP contribution in [0.2, 0.25) is 0 Å². The minimum atomic E-state index is -0.768. The zero-order valence-electron chi connectivity index (χ0n) is 10.8. The molecule has 0 aliphatic heterocycles. The molecule has 90 valence electrons. The van der Waals surface area contributed by atoms with Crippen molar-refractivity contribution in [2.24, 2.45) is 0 Å². The van der Waals surface area contributed by atoms with Crippen molar-refractivity contribution < 1.29 is 5.11 Å². The molecule has 2 N–H and O–H groups in total. The molecule has 1 heterocycles. The van der Waals surface area contributed by atoms with Crippen molar-refractivity contribution in [3.63, 3.8) is 0 Å². The van der Waals surface area contributed by atoms with Gasteiger partial charge in [-0.15, -0.1) is 0 Å². The zero-order valence-corrected chi connectivity index (χ0v) is 10.8. The summed E-state index contributed by atoms with van der Waals surface area (Å²) in [4.78, 5) is 4.32. The molecule has 0 saturated heterocycles. The summed E-state index contributed by atoms with van der Waals surface area (Å²) < 4.78 is 0. The first-order chi connectivity index (χ1) is 7.24. The molecule has 0 bridgehead atoms.